The van der Waals surface area contributed by atoms with Gasteiger partial charge in [-0.25, -0.2) is 18.6 Å². The van der Waals surface area contributed by atoms with Gasteiger partial charge in [0.1, 0.15) is 5.65 Å². The van der Waals surface area contributed by atoms with E-state index >= 15 is 0 Å². The van der Waals surface area contributed by atoms with Crippen LogP contribution in [0.4, 0.5) is 13.6 Å². The maximum absolute atomic E-state index is 14.9. The van der Waals surface area contributed by atoms with Crippen molar-refractivity contribution < 1.29 is 28.3 Å². The van der Waals surface area contributed by atoms with Gasteiger partial charge >= 0.3 is 6.03 Å². The number of imide groups is 1. The van der Waals surface area contributed by atoms with Crippen LogP contribution < -0.4 is 5.32 Å². The van der Waals surface area contributed by atoms with Crippen molar-refractivity contribution in [3.8, 4) is 0 Å². The predicted octanol–water partition coefficient (Wildman–Crippen LogP) is 3.61. The van der Waals surface area contributed by atoms with E-state index in [2.05, 4.69) is 10.3 Å². The number of aliphatic hydroxyl groups excluding tert-OH is 1. The topological polar surface area (TPSA) is 112 Å². The summed E-state index contributed by atoms with van der Waals surface area (Å²) in [6.45, 7) is 2.80. The molecule has 0 aliphatic carbocycles. The van der Waals surface area contributed by atoms with Gasteiger partial charge in [-0.15, -0.1) is 0 Å². The largest absolute Gasteiger partial charge is 0.396 e. The SMILES string of the molecule is CC(F)(F)c1cc2c3c(c1)c(C1=C(c4cnc5ccccn45)C(=O)NC1=O)cn3CCN(C(=O)N1CCC(CO)CC1)C2. The second-order valence-electron chi connectivity index (χ2n) is 11.6. The van der Waals surface area contributed by atoms with Gasteiger partial charge < -0.3 is 19.5 Å². The number of alkyl halides is 2. The minimum Gasteiger partial charge on any atom is -0.396 e. The van der Waals surface area contributed by atoms with Crippen molar-refractivity contribution in [3.05, 3.63) is 71.3 Å². The van der Waals surface area contributed by atoms with Crippen molar-refractivity contribution in [3.63, 3.8) is 0 Å². The fourth-order valence-electron chi connectivity index (χ4n) is 6.54. The van der Waals surface area contributed by atoms with Gasteiger partial charge in [0, 0.05) is 75.2 Å². The molecule has 0 spiro atoms. The number of aromatic nitrogens is 3. The first-order valence-electron chi connectivity index (χ1n) is 14.4. The summed E-state index contributed by atoms with van der Waals surface area (Å²) in [4.78, 5) is 47.8. The molecular weight excluding hydrogens is 558 g/mol. The Morgan fingerprint density at radius 2 is 1.84 bits per heavy atom. The summed E-state index contributed by atoms with van der Waals surface area (Å²) >= 11 is 0. The zero-order valence-electron chi connectivity index (χ0n) is 23.5. The lowest BCUT2D eigenvalue weighted by Crippen LogP contribution is -2.47. The van der Waals surface area contributed by atoms with Crippen LogP contribution in [0.3, 0.4) is 0 Å². The standard InChI is InChI=1S/C31H30F2N6O4/c1-31(32,33)20-12-19-15-38(30(43)36-8-5-18(17-40)6-9-36)11-10-37-16-22(21(13-20)27(19)37)25-26(29(42)35-28(25)41)23-14-34-24-4-2-3-7-39(23)24/h2-4,7,12-14,16,18,40H,5-6,8-11,15,17H2,1H3,(H,35,41,42). The van der Waals surface area contributed by atoms with Crippen molar-refractivity contribution in [1.29, 1.82) is 0 Å². The number of carbonyl (C=O) groups excluding carboxylic acids is 3. The second-order valence-corrected chi connectivity index (χ2v) is 11.6. The van der Waals surface area contributed by atoms with Gasteiger partial charge in [-0.3, -0.25) is 19.3 Å². The number of benzene rings is 1. The van der Waals surface area contributed by atoms with Gasteiger partial charge in [-0.2, -0.15) is 0 Å². The van der Waals surface area contributed by atoms with Crippen molar-refractivity contribution >= 4 is 45.5 Å². The molecule has 1 fully saturated rings. The molecule has 1 saturated heterocycles. The lowest BCUT2D eigenvalue weighted by molar-refractivity contribution is -0.122. The third-order valence-electron chi connectivity index (χ3n) is 8.82. The number of rotatable bonds is 4. The highest BCUT2D eigenvalue weighted by Gasteiger charge is 2.37. The van der Waals surface area contributed by atoms with Gasteiger partial charge in [0.25, 0.3) is 17.7 Å². The van der Waals surface area contributed by atoms with E-state index in [1.165, 1.54) is 18.3 Å². The van der Waals surface area contributed by atoms with E-state index in [9.17, 15) is 28.3 Å². The Labute approximate surface area is 245 Å². The number of carbonyl (C=O) groups is 3. The van der Waals surface area contributed by atoms with Crippen molar-refractivity contribution in [2.24, 2.45) is 5.92 Å². The molecule has 0 radical (unpaired) electrons. The molecule has 10 nitrogen and oxygen atoms in total. The molecule has 3 aliphatic heterocycles. The summed E-state index contributed by atoms with van der Waals surface area (Å²) in [5.41, 5.74) is 2.55. The van der Waals surface area contributed by atoms with Gasteiger partial charge in [0.15, 0.2) is 0 Å². The monoisotopic (exact) mass is 588 g/mol. The summed E-state index contributed by atoms with van der Waals surface area (Å²) in [6.07, 6.45) is 6.42. The Kier molecular flexibility index (Phi) is 6.35. The molecule has 6 heterocycles. The number of nitrogens with zero attached hydrogens (tertiary/aromatic N) is 5. The molecule has 4 aromatic rings. The molecule has 0 unspecified atom stereocenters. The van der Waals surface area contributed by atoms with E-state index in [0.29, 0.717) is 72.4 Å². The van der Waals surface area contributed by atoms with E-state index in [4.69, 9.17) is 0 Å². The Balaban J connectivity index is 1.36. The molecular formula is C31H30F2N6O4. The van der Waals surface area contributed by atoms with Crippen LogP contribution in [0.15, 0.2) is 48.9 Å². The number of imidazole rings is 1. The number of aliphatic hydroxyl groups is 1. The van der Waals surface area contributed by atoms with E-state index in [1.54, 1.807) is 38.7 Å². The number of nitrogens with one attached hydrogen (secondary N) is 1. The average Bonchev–Trinajstić information content (AvgIpc) is 3.62. The second kappa shape index (κ2) is 10.0. The lowest BCUT2D eigenvalue weighted by atomic mass is 9.95. The van der Waals surface area contributed by atoms with Crippen LogP contribution in [0.5, 0.6) is 0 Å². The van der Waals surface area contributed by atoms with Crippen molar-refractivity contribution in [1.82, 2.24) is 29.1 Å². The highest BCUT2D eigenvalue weighted by Crippen LogP contribution is 2.41. The highest BCUT2D eigenvalue weighted by molar-refractivity contribution is 6.49. The van der Waals surface area contributed by atoms with Gasteiger partial charge in [-0.1, -0.05) is 6.07 Å². The van der Waals surface area contributed by atoms with Crippen LogP contribution in [0.2, 0.25) is 0 Å². The van der Waals surface area contributed by atoms with Crippen molar-refractivity contribution in [2.75, 3.05) is 26.2 Å². The average molecular weight is 589 g/mol. The Morgan fingerprint density at radius 3 is 2.58 bits per heavy atom. The van der Waals surface area contributed by atoms with E-state index in [-0.39, 0.29) is 41.8 Å². The number of fused-ring (bicyclic) bond motifs is 1. The molecule has 3 aliphatic rings. The van der Waals surface area contributed by atoms with Gasteiger partial charge in [0.2, 0.25) is 0 Å². The molecule has 0 atom stereocenters. The Hall–Kier alpha value is -4.58. The molecule has 3 aromatic heterocycles. The first-order chi connectivity index (χ1) is 20.6. The number of hydrogen-bond acceptors (Lipinski definition) is 5. The summed E-state index contributed by atoms with van der Waals surface area (Å²) in [6, 6.07) is 8.03. The van der Waals surface area contributed by atoms with Crippen LogP contribution in [-0.4, -0.2) is 72.9 Å². The third-order valence-corrected chi connectivity index (χ3v) is 8.82. The number of pyridine rings is 1. The fraction of sp³-hybridized carbons (Fsp3) is 0.355. The number of urea groups is 1. The molecule has 2 N–H and O–H groups in total. The first-order valence-corrected chi connectivity index (χ1v) is 14.4. The molecule has 4 amide bonds. The highest BCUT2D eigenvalue weighted by atomic mass is 19.3. The molecule has 7 rings (SSSR count). The van der Waals surface area contributed by atoms with Crippen LogP contribution in [0.1, 0.15) is 42.1 Å². The molecule has 12 heteroatoms. The van der Waals surface area contributed by atoms with E-state index < -0.39 is 17.7 Å². The van der Waals surface area contributed by atoms with Crippen LogP contribution in [0, 0.1) is 5.92 Å². The Bertz CT molecular complexity index is 1840. The molecule has 1 aromatic carbocycles. The molecule has 0 bridgehead atoms. The van der Waals surface area contributed by atoms with E-state index in [1.807, 2.05) is 10.6 Å². The minimum absolute atomic E-state index is 0.0958. The third kappa shape index (κ3) is 4.48. The summed E-state index contributed by atoms with van der Waals surface area (Å²) in [7, 11) is 0. The lowest BCUT2D eigenvalue weighted by Gasteiger charge is -2.35. The number of hydrogen-bond donors (Lipinski definition) is 2. The number of halogens is 2. The zero-order chi connectivity index (χ0) is 30.0. The smallest absolute Gasteiger partial charge is 0.320 e. The first kappa shape index (κ1) is 27.3. The maximum Gasteiger partial charge on any atom is 0.320 e. The zero-order valence-corrected chi connectivity index (χ0v) is 23.5. The minimum atomic E-state index is -3.19. The number of amides is 4. The van der Waals surface area contributed by atoms with Gasteiger partial charge in [-0.05, 0) is 48.6 Å². The molecule has 43 heavy (non-hydrogen) atoms. The number of piperidine rings is 1. The molecule has 222 valence electrons. The van der Waals surface area contributed by atoms with Crippen LogP contribution >= 0.6 is 0 Å². The maximum atomic E-state index is 14.9. The fourth-order valence-corrected chi connectivity index (χ4v) is 6.54. The normalized spacial score (nSPS) is 18.2. The predicted molar refractivity (Wildman–Crippen MR) is 154 cm³/mol. The molecule has 0 saturated carbocycles. The van der Waals surface area contributed by atoms with Crippen LogP contribution in [-0.2, 0) is 28.6 Å². The van der Waals surface area contributed by atoms with Crippen LogP contribution in [0.25, 0.3) is 27.7 Å². The Morgan fingerprint density at radius 1 is 1.07 bits per heavy atom. The van der Waals surface area contributed by atoms with E-state index in [0.717, 1.165) is 6.92 Å². The summed E-state index contributed by atoms with van der Waals surface area (Å²) < 4.78 is 33.4. The summed E-state index contributed by atoms with van der Waals surface area (Å²) in [5.74, 6) is -4.21. The van der Waals surface area contributed by atoms with Crippen molar-refractivity contribution in [2.45, 2.75) is 38.8 Å². The quantitative estimate of drug-likeness (QED) is 0.354. The summed E-state index contributed by atoms with van der Waals surface area (Å²) in [5, 5.41) is 12.3. The number of likely N-dealkylation sites (tertiary alicyclic amines) is 1. The van der Waals surface area contributed by atoms with Gasteiger partial charge in [0.05, 0.1) is 28.6 Å².